The van der Waals surface area contributed by atoms with Crippen LogP contribution in [0.4, 0.5) is 5.69 Å². The summed E-state index contributed by atoms with van der Waals surface area (Å²) in [5, 5.41) is 24.2. The summed E-state index contributed by atoms with van der Waals surface area (Å²) in [5.41, 5.74) is -0.0628. The van der Waals surface area contributed by atoms with E-state index in [-0.39, 0.29) is 28.4 Å². The van der Waals surface area contributed by atoms with Gasteiger partial charge in [-0.05, 0) is 36.2 Å². The SMILES string of the molecule is CCCCNC(=O)c1ccc(Oc2ccc(C(O)C(=O)OC)cc2OC)c([N+](=O)[O-])c1. The number of nitrogens with zero attached hydrogens (tertiary/aromatic N) is 1. The second-order valence-electron chi connectivity index (χ2n) is 6.49. The highest BCUT2D eigenvalue weighted by atomic mass is 16.6. The zero-order valence-electron chi connectivity index (χ0n) is 17.4. The number of aliphatic hydroxyl groups excluding tert-OH is 1. The quantitative estimate of drug-likeness (QED) is 0.253. The number of esters is 1. The molecule has 1 unspecified atom stereocenters. The Morgan fingerprint density at radius 3 is 2.45 bits per heavy atom. The van der Waals surface area contributed by atoms with E-state index in [2.05, 4.69) is 10.1 Å². The molecule has 0 radical (unpaired) electrons. The van der Waals surface area contributed by atoms with E-state index in [1.165, 1.54) is 37.4 Å². The van der Waals surface area contributed by atoms with E-state index in [0.717, 1.165) is 26.0 Å². The first-order valence-corrected chi connectivity index (χ1v) is 9.50. The van der Waals surface area contributed by atoms with Crippen molar-refractivity contribution in [3.8, 4) is 17.2 Å². The third kappa shape index (κ3) is 5.92. The van der Waals surface area contributed by atoms with Crippen molar-refractivity contribution in [2.24, 2.45) is 0 Å². The highest BCUT2D eigenvalue weighted by Crippen LogP contribution is 2.38. The van der Waals surface area contributed by atoms with Gasteiger partial charge in [-0.2, -0.15) is 0 Å². The van der Waals surface area contributed by atoms with Gasteiger partial charge in [0, 0.05) is 18.2 Å². The van der Waals surface area contributed by atoms with Crippen LogP contribution in [0.3, 0.4) is 0 Å². The molecule has 166 valence electrons. The van der Waals surface area contributed by atoms with Gasteiger partial charge < -0.3 is 24.6 Å². The molecule has 2 N–H and O–H groups in total. The molecule has 0 fully saturated rings. The molecular weight excluding hydrogens is 408 g/mol. The number of hydrogen-bond acceptors (Lipinski definition) is 8. The highest BCUT2D eigenvalue weighted by molar-refractivity contribution is 5.95. The fraction of sp³-hybridized carbons (Fsp3) is 0.333. The van der Waals surface area contributed by atoms with Gasteiger partial charge in [-0.1, -0.05) is 19.4 Å². The number of aliphatic hydroxyl groups is 1. The van der Waals surface area contributed by atoms with Crippen LogP contribution >= 0.6 is 0 Å². The van der Waals surface area contributed by atoms with Crippen LogP contribution in [0, 0.1) is 10.1 Å². The number of hydrogen-bond donors (Lipinski definition) is 2. The number of nitro groups is 1. The topological polar surface area (TPSA) is 137 Å². The number of amides is 1. The van der Waals surface area contributed by atoms with E-state index < -0.39 is 28.6 Å². The standard InChI is InChI=1S/C21H24N2O8/c1-4-5-10-22-20(25)14-7-8-16(15(11-14)23(27)28)31-17-9-6-13(12-18(17)29-2)19(24)21(26)30-3/h6-9,11-12,19,24H,4-5,10H2,1-3H3,(H,22,25). The van der Waals surface area contributed by atoms with Crippen molar-refractivity contribution in [1.82, 2.24) is 5.32 Å². The van der Waals surface area contributed by atoms with E-state index in [1.807, 2.05) is 6.92 Å². The Bertz CT molecular complexity index is 960. The largest absolute Gasteiger partial charge is 0.493 e. The predicted molar refractivity (Wildman–Crippen MR) is 110 cm³/mol. The second-order valence-corrected chi connectivity index (χ2v) is 6.49. The normalized spacial score (nSPS) is 11.4. The summed E-state index contributed by atoms with van der Waals surface area (Å²) in [4.78, 5) is 34.6. The number of unbranched alkanes of at least 4 members (excludes halogenated alkanes) is 1. The van der Waals surface area contributed by atoms with Crippen molar-refractivity contribution in [3.05, 3.63) is 57.6 Å². The van der Waals surface area contributed by atoms with Crippen LogP contribution in [-0.2, 0) is 9.53 Å². The lowest BCUT2D eigenvalue weighted by Gasteiger charge is -2.14. The van der Waals surface area contributed by atoms with E-state index in [1.54, 1.807) is 0 Å². The minimum atomic E-state index is -1.52. The van der Waals surface area contributed by atoms with Crippen molar-refractivity contribution < 1.29 is 33.8 Å². The molecule has 2 aromatic carbocycles. The third-order valence-electron chi connectivity index (χ3n) is 4.38. The number of methoxy groups -OCH3 is 2. The maximum Gasteiger partial charge on any atom is 0.339 e. The molecule has 0 aromatic heterocycles. The van der Waals surface area contributed by atoms with Crippen LogP contribution in [0.2, 0.25) is 0 Å². The monoisotopic (exact) mass is 432 g/mol. The molecule has 1 atom stereocenters. The molecule has 0 saturated heterocycles. The minimum absolute atomic E-state index is 0.102. The first kappa shape index (κ1) is 23.6. The van der Waals surface area contributed by atoms with Gasteiger partial charge in [0.2, 0.25) is 5.75 Å². The van der Waals surface area contributed by atoms with Crippen LogP contribution < -0.4 is 14.8 Å². The van der Waals surface area contributed by atoms with Crippen LogP contribution in [0.25, 0.3) is 0 Å². The lowest BCUT2D eigenvalue weighted by molar-refractivity contribution is -0.385. The molecule has 0 bridgehead atoms. The van der Waals surface area contributed by atoms with Crippen molar-refractivity contribution in [2.75, 3.05) is 20.8 Å². The van der Waals surface area contributed by atoms with Gasteiger partial charge in [0.25, 0.3) is 5.91 Å². The Hall–Kier alpha value is -3.66. The minimum Gasteiger partial charge on any atom is -0.493 e. The van der Waals surface area contributed by atoms with Crippen LogP contribution in [-0.4, -0.2) is 42.7 Å². The van der Waals surface area contributed by atoms with Crippen molar-refractivity contribution in [3.63, 3.8) is 0 Å². The fourth-order valence-electron chi connectivity index (χ4n) is 2.67. The molecule has 0 aliphatic rings. The van der Waals surface area contributed by atoms with Gasteiger partial charge in [-0.3, -0.25) is 14.9 Å². The lowest BCUT2D eigenvalue weighted by Crippen LogP contribution is -2.24. The summed E-state index contributed by atoms with van der Waals surface area (Å²) in [6.45, 7) is 2.46. The van der Waals surface area contributed by atoms with Crippen molar-refractivity contribution in [2.45, 2.75) is 25.9 Å². The van der Waals surface area contributed by atoms with Crippen molar-refractivity contribution >= 4 is 17.6 Å². The average molecular weight is 432 g/mol. The van der Waals surface area contributed by atoms with Crippen LogP contribution in [0.5, 0.6) is 17.2 Å². The number of carbonyl (C=O) groups is 2. The maximum atomic E-state index is 12.2. The first-order valence-electron chi connectivity index (χ1n) is 9.50. The number of rotatable bonds is 10. The van der Waals surface area contributed by atoms with Gasteiger partial charge in [0.05, 0.1) is 19.1 Å². The number of nitrogens with one attached hydrogen (secondary N) is 1. The first-order chi connectivity index (χ1) is 14.8. The van der Waals surface area contributed by atoms with Crippen LogP contribution in [0.15, 0.2) is 36.4 Å². The maximum absolute atomic E-state index is 12.2. The number of ether oxygens (including phenoxy) is 3. The van der Waals surface area contributed by atoms with Crippen molar-refractivity contribution in [1.29, 1.82) is 0 Å². The van der Waals surface area contributed by atoms with E-state index >= 15 is 0 Å². The molecule has 0 spiro atoms. The van der Waals surface area contributed by atoms with E-state index in [9.17, 15) is 24.8 Å². The van der Waals surface area contributed by atoms with Gasteiger partial charge in [-0.25, -0.2) is 4.79 Å². The second kappa shape index (κ2) is 10.9. The molecule has 10 heteroatoms. The summed E-state index contributed by atoms with van der Waals surface area (Å²) >= 11 is 0. The molecule has 0 heterocycles. The van der Waals surface area contributed by atoms with Gasteiger partial charge in [0.1, 0.15) is 0 Å². The Labute approximate surface area is 178 Å². The lowest BCUT2D eigenvalue weighted by atomic mass is 10.1. The Kier molecular flexibility index (Phi) is 8.33. The molecule has 0 aliphatic heterocycles. The summed E-state index contributed by atoms with van der Waals surface area (Å²) < 4.78 is 15.4. The van der Waals surface area contributed by atoms with E-state index in [4.69, 9.17) is 9.47 Å². The molecule has 0 aliphatic carbocycles. The number of nitro benzene ring substituents is 1. The summed E-state index contributed by atoms with van der Waals surface area (Å²) in [6, 6.07) is 8.04. The summed E-state index contributed by atoms with van der Waals surface area (Å²) in [5.74, 6) is -1.11. The van der Waals surface area contributed by atoms with Crippen LogP contribution in [0.1, 0.15) is 41.8 Å². The Morgan fingerprint density at radius 1 is 1.13 bits per heavy atom. The highest BCUT2D eigenvalue weighted by Gasteiger charge is 2.23. The van der Waals surface area contributed by atoms with Gasteiger partial charge >= 0.3 is 11.7 Å². The number of carbonyl (C=O) groups excluding carboxylic acids is 2. The zero-order chi connectivity index (χ0) is 23.0. The smallest absolute Gasteiger partial charge is 0.339 e. The molecule has 1 amide bonds. The fourth-order valence-corrected chi connectivity index (χ4v) is 2.67. The Balaban J connectivity index is 2.31. The molecular formula is C21H24N2O8. The molecule has 2 aromatic rings. The van der Waals surface area contributed by atoms with E-state index in [0.29, 0.717) is 6.54 Å². The average Bonchev–Trinajstić information content (AvgIpc) is 2.78. The number of benzene rings is 2. The van der Waals surface area contributed by atoms with Gasteiger partial charge in [0.15, 0.2) is 17.6 Å². The zero-order valence-corrected chi connectivity index (χ0v) is 17.4. The predicted octanol–water partition coefficient (Wildman–Crippen LogP) is 3.13. The summed E-state index contributed by atoms with van der Waals surface area (Å²) in [6.07, 6.45) is 0.188. The van der Waals surface area contributed by atoms with Gasteiger partial charge in [-0.15, -0.1) is 0 Å². The molecule has 0 saturated carbocycles. The Morgan fingerprint density at radius 2 is 1.84 bits per heavy atom. The summed E-state index contributed by atoms with van der Waals surface area (Å²) in [7, 11) is 2.49. The molecule has 31 heavy (non-hydrogen) atoms. The molecule has 2 rings (SSSR count). The molecule has 10 nitrogen and oxygen atoms in total. The third-order valence-corrected chi connectivity index (χ3v) is 4.38.